The largest absolute Gasteiger partial charge is 0.502 e. The molecular formula is C16H30O3Si. The molecule has 0 aliphatic heterocycles. The Labute approximate surface area is 125 Å². The fourth-order valence-electron chi connectivity index (χ4n) is 2.37. The average molecular weight is 298 g/mol. The van der Waals surface area contributed by atoms with Crippen LogP contribution in [-0.2, 0) is 14.2 Å². The molecule has 4 heteroatoms. The van der Waals surface area contributed by atoms with E-state index in [4.69, 9.17) is 14.2 Å². The highest BCUT2D eigenvalue weighted by Gasteiger charge is 2.25. The first kappa shape index (κ1) is 18.8. The number of hydrogen-bond donors (Lipinski definition) is 0. The van der Waals surface area contributed by atoms with Gasteiger partial charge in [0.15, 0.2) is 0 Å². The van der Waals surface area contributed by atoms with Gasteiger partial charge in [0.1, 0.15) is 0 Å². The zero-order valence-corrected chi connectivity index (χ0v) is 13.9. The third kappa shape index (κ3) is 10.7. The van der Waals surface area contributed by atoms with Gasteiger partial charge in [-0.3, -0.25) is 0 Å². The van der Waals surface area contributed by atoms with Crippen LogP contribution in [0.3, 0.4) is 0 Å². The van der Waals surface area contributed by atoms with E-state index in [2.05, 4.69) is 26.3 Å². The van der Waals surface area contributed by atoms with Crippen LogP contribution < -0.4 is 0 Å². The first-order valence-corrected chi connectivity index (χ1v) is 10.5. The van der Waals surface area contributed by atoms with Crippen LogP contribution in [0.1, 0.15) is 19.3 Å². The van der Waals surface area contributed by atoms with Gasteiger partial charge in [0.2, 0.25) is 0 Å². The van der Waals surface area contributed by atoms with Crippen molar-refractivity contribution in [1.82, 2.24) is 0 Å². The molecule has 0 unspecified atom stereocenters. The first-order chi connectivity index (χ1) is 9.68. The van der Waals surface area contributed by atoms with Gasteiger partial charge in [-0.15, -0.1) is 0 Å². The number of hydrogen-bond acceptors (Lipinski definition) is 3. The number of rotatable bonds is 15. The molecule has 0 aromatic rings. The maximum atomic E-state index is 5.23. The molecule has 0 aromatic heterocycles. The molecule has 0 saturated heterocycles. The van der Waals surface area contributed by atoms with Crippen LogP contribution in [-0.4, -0.2) is 27.9 Å². The van der Waals surface area contributed by atoms with Gasteiger partial charge in [-0.05, 0) is 19.3 Å². The minimum atomic E-state index is -1.24. The summed E-state index contributed by atoms with van der Waals surface area (Å²) >= 11 is 0. The monoisotopic (exact) mass is 298 g/mol. The second kappa shape index (κ2) is 12.8. The van der Waals surface area contributed by atoms with E-state index < -0.39 is 8.07 Å². The van der Waals surface area contributed by atoms with Gasteiger partial charge in [-0.2, -0.15) is 0 Å². The highest BCUT2D eigenvalue weighted by molar-refractivity contribution is 6.78. The summed E-state index contributed by atoms with van der Waals surface area (Å²) < 4.78 is 15.7. The van der Waals surface area contributed by atoms with Crippen LogP contribution in [0, 0.1) is 0 Å². The van der Waals surface area contributed by atoms with Crippen LogP contribution in [0.15, 0.2) is 38.5 Å². The predicted octanol–water partition coefficient (Wildman–Crippen LogP) is 4.72. The van der Waals surface area contributed by atoms with Crippen LogP contribution in [0.25, 0.3) is 0 Å². The summed E-state index contributed by atoms with van der Waals surface area (Å²) in [7, 11) is -1.24. The van der Waals surface area contributed by atoms with Crippen LogP contribution in [0.2, 0.25) is 24.7 Å². The molecule has 0 radical (unpaired) electrons. The van der Waals surface area contributed by atoms with Crippen LogP contribution in [0.4, 0.5) is 0 Å². The van der Waals surface area contributed by atoms with Crippen molar-refractivity contribution in [2.45, 2.75) is 43.9 Å². The zero-order valence-electron chi connectivity index (χ0n) is 12.9. The van der Waals surface area contributed by atoms with E-state index in [1.807, 2.05) is 0 Å². The van der Waals surface area contributed by atoms with E-state index in [1.54, 1.807) is 0 Å². The SMILES string of the molecule is C=COCCC[Si](C)(CCCOC=C)CCCOC=C. The standard InChI is InChI=1S/C16H30O3Si/c1-5-17-11-8-14-20(4,15-9-12-18-6-2)16-10-13-19-7-3/h5-7H,1-3,8-16H2,4H3. The van der Waals surface area contributed by atoms with E-state index in [-0.39, 0.29) is 0 Å². The summed E-state index contributed by atoms with van der Waals surface area (Å²) in [4.78, 5) is 0. The quantitative estimate of drug-likeness (QED) is 0.249. The van der Waals surface area contributed by atoms with Crippen molar-refractivity contribution in [2.24, 2.45) is 0 Å². The molecular weight excluding hydrogens is 268 g/mol. The Morgan fingerprint density at radius 3 is 1.25 bits per heavy atom. The van der Waals surface area contributed by atoms with Crippen molar-refractivity contribution in [3.8, 4) is 0 Å². The summed E-state index contributed by atoms with van der Waals surface area (Å²) in [6.45, 7) is 15.5. The zero-order chi connectivity index (χ0) is 15.1. The molecule has 0 saturated carbocycles. The molecule has 116 valence electrons. The van der Waals surface area contributed by atoms with Gasteiger partial charge in [0, 0.05) is 0 Å². The Balaban J connectivity index is 4.07. The fourth-order valence-corrected chi connectivity index (χ4v) is 6.12. The molecule has 0 N–H and O–H groups in total. The minimum absolute atomic E-state index is 0.776. The molecule has 0 fully saturated rings. The van der Waals surface area contributed by atoms with Gasteiger partial charge in [0.25, 0.3) is 0 Å². The molecule has 0 bridgehead atoms. The average Bonchev–Trinajstić information content (AvgIpc) is 2.45. The highest BCUT2D eigenvalue weighted by Crippen LogP contribution is 2.26. The Morgan fingerprint density at radius 2 is 1.00 bits per heavy atom. The summed E-state index contributed by atoms with van der Waals surface area (Å²) in [5, 5.41) is 0. The lowest BCUT2D eigenvalue weighted by atomic mass is 10.5. The van der Waals surface area contributed by atoms with Gasteiger partial charge >= 0.3 is 0 Å². The van der Waals surface area contributed by atoms with Crippen molar-refractivity contribution in [1.29, 1.82) is 0 Å². The third-order valence-corrected chi connectivity index (χ3v) is 8.16. The van der Waals surface area contributed by atoms with E-state index in [0.29, 0.717) is 0 Å². The second-order valence-electron chi connectivity index (χ2n) is 5.23. The molecule has 0 rings (SSSR count). The smallest absolute Gasteiger partial charge is 0.0870 e. The Hall–Kier alpha value is -1.16. The van der Waals surface area contributed by atoms with Crippen molar-refractivity contribution in [2.75, 3.05) is 19.8 Å². The molecule has 0 atom stereocenters. The van der Waals surface area contributed by atoms with Gasteiger partial charge in [-0.25, -0.2) is 0 Å². The molecule has 0 aliphatic rings. The van der Waals surface area contributed by atoms with Gasteiger partial charge in [-0.1, -0.05) is 44.4 Å². The Morgan fingerprint density at radius 1 is 0.700 bits per heavy atom. The lowest BCUT2D eigenvalue weighted by molar-refractivity contribution is 0.246. The maximum absolute atomic E-state index is 5.23. The summed E-state index contributed by atoms with van der Waals surface area (Å²) in [5.41, 5.74) is 0. The second-order valence-corrected chi connectivity index (χ2v) is 10.4. The van der Waals surface area contributed by atoms with E-state index in [1.165, 1.54) is 36.9 Å². The topological polar surface area (TPSA) is 27.7 Å². The predicted molar refractivity (Wildman–Crippen MR) is 88.3 cm³/mol. The molecule has 0 aliphatic carbocycles. The molecule has 20 heavy (non-hydrogen) atoms. The third-order valence-electron chi connectivity index (χ3n) is 3.48. The molecule has 3 nitrogen and oxygen atoms in total. The highest BCUT2D eigenvalue weighted by atomic mass is 28.3. The number of ether oxygens (including phenoxy) is 3. The maximum Gasteiger partial charge on any atom is 0.0870 e. The normalized spacial score (nSPS) is 10.7. The van der Waals surface area contributed by atoms with Crippen LogP contribution in [0.5, 0.6) is 0 Å². The minimum Gasteiger partial charge on any atom is -0.502 e. The van der Waals surface area contributed by atoms with Gasteiger partial charge < -0.3 is 14.2 Å². The van der Waals surface area contributed by atoms with Crippen molar-refractivity contribution < 1.29 is 14.2 Å². The molecule has 0 spiro atoms. The van der Waals surface area contributed by atoms with E-state index in [9.17, 15) is 0 Å². The van der Waals surface area contributed by atoms with Crippen molar-refractivity contribution in [3.63, 3.8) is 0 Å². The van der Waals surface area contributed by atoms with Crippen molar-refractivity contribution >= 4 is 8.07 Å². The van der Waals surface area contributed by atoms with Crippen molar-refractivity contribution in [3.05, 3.63) is 38.5 Å². The Bertz CT molecular complexity index is 226. The molecule has 0 heterocycles. The molecule has 0 aromatic carbocycles. The summed E-state index contributed by atoms with van der Waals surface area (Å²) in [6.07, 6.45) is 7.90. The molecule has 0 amide bonds. The lowest BCUT2D eigenvalue weighted by Gasteiger charge is -2.27. The lowest BCUT2D eigenvalue weighted by Crippen LogP contribution is -2.30. The van der Waals surface area contributed by atoms with Crippen LogP contribution >= 0.6 is 0 Å². The van der Waals surface area contributed by atoms with E-state index >= 15 is 0 Å². The first-order valence-electron chi connectivity index (χ1n) is 7.36. The van der Waals surface area contributed by atoms with E-state index in [0.717, 1.165) is 39.1 Å². The van der Waals surface area contributed by atoms with Gasteiger partial charge in [0.05, 0.1) is 46.7 Å². The summed E-state index contributed by atoms with van der Waals surface area (Å²) in [6, 6.07) is 3.84. The summed E-state index contributed by atoms with van der Waals surface area (Å²) in [5.74, 6) is 0. The Kier molecular flexibility index (Phi) is 12.1. The fraction of sp³-hybridized carbons (Fsp3) is 0.625.